The van der Waals surface area contributed by atoms with Crippen LogP contribution < -0.4 is 26.7 Å². The number of aromatic nitrogens is 2. The first-order valence-corrected chi connectivity index (χ1v) is 8.38. The van der Waals surface area contributed by atoms with Gasteiger partial charge >= 0.3 is 11.7 Å². The smallest absolute Gasteiger partial charge is 0.339 e. The van der Waals surface area contributed by atoms with Gasteiger partial charge in [-0.15, -0.1) is 0 Å². The Kier molecular flexibility index (Phi) is 5.74. The van der Waals surface area contributed by atoms with E-state index in [1.807, 2.05) is 0 Å². The Morgan fingerprint density at radius 1 is 1.14 bits per heavy atom. The van der Waals surface area contributed by atoms with Gasteiger partial charge in [0.05, 0.1) is 19.0 Å². The molecule has 10 nitrogen and oxygen atoms in total. The van der Waals surface area contributed by atoms with Gasteiger partial charge < -0.3 is 15.2 Å². The minimum absolute atomic E-state index is 0.221. The highest BCUT2D eigenvalue weighted by molar-refractivity contribution is 5.90. The Morgan fingerprint density at radius 3 is 2.55 bits per heavy atom. The number of carbonyl (C=O) groups is 1. The third kappa shape index (κ3) is 4.33. The molecule has 10 heteroatoms. The van der Waals surface area contributed by atoms with Gasteiger partial charge in [0.1, 0.15) is 11.3 Å². The number of rotatable bonds is 5. The zero-order chi connectivity index (χ0) is 20.8. The van der Waals surface area contributed by atoms with E-state index in [2.05, 4.69) is 20.8 Å². The van der Waals surface area contributed by atoms with Crippen LogP contribution in [-0.4, -0.2) is 34.0 Å². The number of benzene rings is 2. The number of carbonyl (C=O) groups excluding carboxylic acids is 1. The average molecular weight is 395 g/mol. The van der Waals surface area contributed by atoms with Crippen LogP contribution in [0.4, 0.5) is 10.5 Å². The molecule has 29 heavy (non-hydrogen) atoms. The molecule has 0 radical (unpaired) electrons. The largest absolute Gasteiger partial charge is 0.495 e. The zero-order valence-electron chi connectivity index (χ0n) is 15.2. The standard InChI is InChI=1S/C19H17N5O5/c1-29-15-10-6-5-9-14(15)24-17(26)13(16(25)22-19(24)28)11-20-23-18(27)21-12-7-3-2-4-8-12/h2-11,26H,1H3,(H2,21,23,27)(H,22,25,28). The molecule has 4 N–H and O–H groups in total. The Hall–Kier alpha value is -4.34. The Bertz CT molecular complexity index is 1170. The Morgan fingerprint density at radius 2 is 1.83 bits per heavy atom. The zero-order valence-corrected chi connectivity index (χ0v) is 15.2. The predicted molar refractivity (Wildman–Crippen MR) is 107 cm³/mol. The quantitative estimate of drug-likeness (QED) is 0.382. The third-order valence-electron chi connectivity index (χ3n) is 3.84. The van der Waals surface area contributed by atoms with E-state index in [-0.39, 0.29) is 11.3 Å². The summed E-state index contributed by atoms with van der Waals surface area (Å²) in [5.74, 6) is -0.350. The van der Waals surface area contributed by atoms with Crippen LogP contribution in [0, 0.1) is 0 Å². The van der Waals surface area contributed by atoms with Crippen LogP contribution in [0.5, 0.6) is 11.6 Å². The van der Waals surface area contributed by atoms with E-state index in [0.29, 0.717) is 11.4 Å². The number of anilines is 1. The molecule has 1 aromatic heterocycles. The maximum atomic E-state index is 12.2. The number of aromatic hydroxyl groups is 1. The van der Waals surface area contributed by atoms with Crippen molar-refractivity contribution in [3.05, 3.63) is 81.0 Å². The maximum absolute atomic E-state index is 12.2. The number of hydrazone groups is 1. The SMILES string of the molecule is COc1ccccc1-n1c(O)c(C=NNC(=O)Nc2ccccc2)c(=O)[nH]c1=O. The highest BCUT2D eigenvalue weighted by Gasteiger charge is 2.17. The van der Waals surface area contributed by atoms with E-state index in [1.165, 1.54) is 13.2 Å². The van der Waals surface area contributed by atoms with Crippen molar-refractivity contribution in [3.8, 4) is 17.3 Å². The fourth-order valence-corrected chi connectivity index (χ4v) is 2.53. The molecule has 0 aliphatic heterocycles. The molecule has 3 aromatic rings. The van der Waals surface area contributed by atoms with Crippen molar-refractivity contribution >= 4 is 17.9 Å². The predicted octanol–water partition coefficient (Wildman–Crippen LogP) is 1.40. The molecular formula is C19H17N5O5. The molecule has 2 amide bonds. The van der Waals surface area contributed by atoms with Crippen molar-refractivity contribution in [2.24, 2.45) is 5.10 Å². The van der Waals surface area contributed by atoms with Crippen LogP contribution >= 0.6 is 0 Å². The maximum Gasteiger partial charge on any atom is 0.339 e. The van der Waals surface area contributed by atoms with E-state index < -0.39 is 23.2 Å². The van der Waals surface area contributed by atoms with E-state index >= 15 is 0 Å². The topological polar surface area (TPSA) is 138 Å². The number of nitrogens with zero attached hydrogens (tertiary/aromatic N) is 2. The van der Waals surface area contributed by atoms with Gasteiger partial charge in [0.15, 0.2) is 0 Å². The molecule has 0 saturated carbocycles. The van der Waals surface area contributed by atoms with Crippen molar-refractivity contribution in [2.75, 3.05) is 12.4 Å². The number of amides is 2. The van der Waals surface area contributed by atoms with Gasteiger partial charge in [0.25, 0.3) is 5.56 Å². The van der Waals surface area contributed by atoms with Crippen molar-refractivity contribution in [3.63, 3.8) is 0 Å². The molecule has 0 atom stereocenters. The molecule has 0 saturated heterocycles. The minimum Gasteiger partial charge on any atom is -0.495 e. The van der Waals surface area contributed by atoms with Crippen LogP contribution in [-0.2, 0) is 0 Å². The van der Waals surface area contributed by atoms with E-state index in [9.17, 15) is 19.5 Å². The first kappa shape index (κ1) is 19.4. The number of para-hydroxylation sites is 3. The highest BCUT2D eigenvalue weighted by atomic mass is 16.5. The van der Waals surface area contributed by atoms with Gasteiger partial charge in [-0.25, -0.2) is 19.6 Å². The number of hydrogen-bond acceptors (Lipinski definition) is 6. The third-order valence-corrected chi connectivity index (χ3v) is 3.84. The highest BCUT2D eigenvalue weighted by Crippen LogP contribution is 2.24. The number of nitrogens with one attached hydrogen (secondary N) is 3. The van der Waals surface area contributed by atoms with Gasteiger partial charge in [-0.05, 0) is 24.3 Å². The molecule has 3 rings (SSSR count). The molecule has 0 fully saturated rings. The van der Waals surface area contributed by atoms with E-state index in [0.717, 1.165) is 10.8 Å². The summed E-state index contributed by atoms with van der Waals surface area (Å²) in [6, 6.07) is 14.5. The number of H-pyrrole nitrogens is 1. The van der Waals surface area contributed by atoms with Crippen molar-refractivity contribution < 1.29 is 14.6 Å². The lowest BCUT2D eigenvalue weighted by atomic mass is 10.2. The molecular weight excluding hydrogens is 378 g/mol. The number of aromatic amines is 1. The van der Waals surface area contributed by atoms with Crippen molar-refractivity contribution in [1.82, 2.24) is 15.0 Å². The molecule has 0 aliphatic rings. The summed E-state index contributed by atoms with van der Waals surface area (Å²) in [6.07, 6.45) is 0.935. The van der Waals surface area contributed by atoms with Gasteiger partial charge in [-0.3, -0.25) is 9.78 Å². The van der Waals surface area contributed by atoms with Gasteiger partial charge in [0, 0.05) is 5.69 Å². The van der Waals surface area contributed by atoms with E-state index in [1.54, 1.807) is 48.5 Å². The van der Waals surface area contributed by atoms with Crippen LogP contribution in [0.25, 0.3) is 5.69 Å². The van der Waals surface area contributed by atoms with Crippen molar-refractivity contribution in [1.29, 1.82) is 0 Å². The van der Waals surface area contributed by atoms with Crippen LogP contribution in [0.15, 0.2) is 69.3 Å². The molecule has 0 bridgehead atoms. The molecule has 1 heterocycles. The van der Waals surface area contributed by atoms with Gasteiger partial charge in [-0.2, -0.15) is 5.10 Å². The number of hydrogen-bond donors (Lipinski definition) is 4. The first-order valence-electron chi connectivity index (χ1n) is 8.38. The second kappa shape index (κ2) is 8.57. The Balaban J connectivity index is 1.88. The summed E-state index contributed by atoms with van der Waals surface area (Å²) in [5, 5.41) is 16.7. The Labute approximate surface area is 164 Å². The summed E-state index contributed by atoms with van der Waals surface area (Å²) in [5.41, 5.74) is 0.892. The minimum atomic E-state index is -0.868. The molecule has 148 valence electrons. The summed E-state index contributed by atoms with van der Waals surface area (Å²) >= 11 is 0. The van der Waals surface area contributed by atoms with E-state index in [4.69, 9.17) is 4.74 Å². The van der Waals surface area contributed by atoms with Crippen LogP contribution in [0.3, 0.4) is 0 Å². The van der Waals surface area contributed by atoms with Crippen molar-refractivity contribution in [2.45, 2.75) is 0 Å². The lowest BCUT2D eigenvalue weighted by molar-refractivity contribution is 0.252. The molecule has 2 aromatic carbocycles. The fourth-order valence-electron chi connectivity index (χ4n) is 2.53. The summed E-state index contributed by atoms with van der Waals surface area (Å²) in [4.78, 5) is 38.3. The average Bonchev–Trinajstić information content (AvgIpc) is 2.71. The fraction of sp³-hybridized carbons (Fsp3) is 0.0526. The molecule has 0 unspecified atom stereocenters. The van der Waals surface area contributed by atoms with Crippen LogP contribution in [0.1, 0.15) is 5.56 Å². The number of urea groups is 1. The van der Waals surface area contributed by atoms with Gasteiger partial charge in [0.2, 0.25) is 5.88 Å². The lowest BCUT2D eigenvalue weighted by Crippen LogP contribution is -2.32. The second-order valence-electron chi connectivity index (χ2n) is 5.69. The summed E-state index contributed by atoms with van der Waals surface area (Å²) in [6.45, 7) is 0. The summed E-state index contributed by atoms with van der Waals surface area (Å²) in [7, 11) is 1.41. The number of methoxy groups -OCH3 is 1. The summed E-state index contributed by atoms with van der Waals surface area (Å²) < 4.78 is 6.05. The monoisotopic (exact) mass is 395 g/mol. The number of ether oxygens (including phenoxy) is 1. The van der Waals surface area contributed by atoms with Crippen LogP contribution in [0.2, 0.25) is 0 Å². The lowest BCUT2D eigenvalue weighted by Gasteiger charge is -2.12. The van der Waals surface area contributed by atoms with Gasteiger partial charge in [-0.1, -0.05) is 30.3 Å². The normalized spacial score (nSPS) is 10.7. The second-order valence-corrected chi connectivity index (χ2v) is 5.69. The molecule has 0 spiro atoms. The first-order chi connectivity index (χ1) is 14.0. The molecule has 0 aliphatic carbocycles.